The topological polar surface area (TPSA) is 65.1 Å². The van der Waals surface area contributed by atoms with Gasteiger partial charge in [0, 0.05) is 18.7 Å². The van der Waals surface area contributed by atoms with Crippen LogP contribution in [0.15, 0.2) is 23.1 Å². The Hall–Kier alpha value is -1.30. The quantitative estimate of drug-likeness (QED) is 0.311. The molecule has 0 N–H and O–H groups in total. The first-order valence-corrected chi connectivity index (χ1v) is 7.74. The lowest BCUT2D eigenvalue weighted by Crippen LogP contribution is -2.18. The van der Waals surface area contributed by atoms with Crippen LogP contribution in [-0.2, 0) is 6.54 Å². The van der Waals surface area contributed by atoms with E-state index in [9.17, 15) is 14.9 Å². The van der Waals surface area contributed by atoms with Gasteiger partial charge in [0.15, 0.2) is 0 Å². The number of aromatic nitrogens is 1. The SMILES string of the molecule is O=c1ccc([N+](=O)[O-])cn1CCCCCCCCCS. The van der Waals surface area contributed by atoms with E-state index in [1.165, 1.54) is 48.6 Å². The summed E-state index contributed by atoms with van der Waals surface area (Å²) in [6, 6.07) is 2.51. The Morgan fingerprint density at radius 1 is 1.05 bits per heavy atom. The van der Waals surface area contributed by atoms with Crippen LogP contribution < -0.4 is 5.56 Å². The van der Waals surface area contributed by atoms with Crippen LogP contribution in [0.25, 0.3) is 0 Å². The zero-order chi connectivity index (χ0) is 14.8. The lowest BCUT2D eigenvalue weighted by molar-refractivity contribution is -0.385. The van der Waals surface area contributed by atoms with Crippen LogP contribution in [0.5, 0.6) is 0 Å². The maximum atomic E-state index is 11.6. The van der Waals surface area contributed by atoms with E-state index in [1.54, 1.807) is 0 Å². The molecule has 0 saturated heterocycles. The highest BCUT2D eigenvalue weighted by atomic mass is 32.1. The fourth-order valence-electron chi connectivity index (χ4n) is 2.08. The van der Waals surface area contributed by atoms with Crippen LogP contribution >= 0.6 is 12.6 Å². The van der Waals surface area contributed by atoms with Crippen LogP contribution in [0.3, 0.4) is 0 Å². The van der Waals surface area contributed by atoms with Crippen LogP contribution in [0.1, 0.15) is 44.9 Å². The van der Waals surface area contributed by atoms with Crippen molar-refractivity contribution in [3.63, 3.8) is 0 Å². The molecule has 0 aliphatic rings. The van der Waals surface area contributed by atoms with Gasteiger partial charge in [-0.05, 0) is 18.6 Å². The third-order valence-corrected chi connectivity index (χ3v) is 3.55. The Bertz CT molecular complexity index is 474. The predicted molar refractivity (Wildman–Crippen MR) is 83.5 cm³/mol. The van der Waals surface area contributed by atoms with Crippen LogP contribution in [0, 0.1) is 10.1 Å². The molecule has 0 aliphatic heterocycles. The van der Waals surface area contributed by atoms with Gasteiger partial charge < -0.3 is 4.57 Å². The molecule has 0 aliphatic carbocycles. The molecule has 1 heterocycles. The Morgan fingerprint density at radius 3 is 2.25 bits per heavy atom. The summed E-state index contributed by atoms with van der Waals surface area (Å²) in [6.07, 6.45) is 9.25. The summed E-state index contributed by atoms with van der Waals surface area (Å²) < 4.78 is 1.43. The van der Waals surface area contributed by atoms with Crippen molar-refractivity contribution in [2.75, 3.05) is 5.75 Å². The van der Waals surface area contributed by atoms with Gasteiger partial charge in [-0.2, -0.15) is 12.6 Å². The van der Waals surface area contributed by atoms with Crippen LogP contribution in [0.4, 0.5) is 5.69 Å². The standard InChI is InChI=1S/C14H22N2O3S/c17-14-9-8-13(16(18)19)12-15(14)10-6-4-2-1-3-5-7-11-20/h8-9,12,20H,1-7,10-11H2. The van der Waals surface area contributed by atoms with E-state index in [4.69, 9.17) is 0 Å². The fourth-order valence-corrected chi connectivity index (χ4v) is 2.30. The van der Waals surface area contributed by atoms with Gasteiger partial charge in [-0.3, -0.25) is 14.9 Å². The van der Waals surface area contributed by atoms with Crippen molar-refractivity contribution in [1.82, 2.24) is 4.57 Å². The number of nitrogens with zero attached hydrogens (tertiary/aromatic N) is 2. The monoisotopic (exact) mass is 298 g/mol. The van der Waals surface area contributed by atoms with Crippen molar-refractivity contribution in [3.8, 4) is 0 Å². The summed E-state index contributed by atoms with van der Waals surface area (Å²) in [5, 5.41) is 10.7. The normalized spacial score (nSPS) is 10.7. The molecule has 0 spiro atoms. The minimum atomic E-state index is -0.475. The number of hydrogen-bond acceptors (Lipinski definition) is 4. The number of pyridine rings is 1. The van der Waals surface area contributed by atoms with Crippen LogP contribution in [0.2, 0.25) is 0 Å². The molecular weight excluding hydrogens is 276 g/mol. The second-order valence-corrected chi connectivity index (χ2v) is 5.32. The number of rotatable bonds is 10. The lowest BCUT2D eigenvalue weighted by Gasteiger charge is -2.05. The van der Waals surface area contributed by atoms with Gasteiger partial charge in [0.2, 0.25) is 0 Å². The third-order valence-electron chi connectivity index (χ3n) is 3.24. The first-order valence-electron chi connectivity index (χ1n) is 7.11. The molecule has 1 rings (SSSR count). The third kappa shape index (κ3) is 6.23. The van der Waals surface area contributed by atoms with E-state index in [0.717, 1.165) is 25.0 Å². The van der Waals surface area contributed by atoms with Crippen molar-refractivity contribution in [2.24, 2.45) is 0 Å². The molecule has 0 saturated carbocycles. The van der Waals surface area contributed by atoms with E-state index >= 15 is 0 Å². The number of thiol groups is 1. The molecule has 6 heteroatoms. The molecular formula is C14H22N2O3S. The predicted octanol–water partition coefficient (Wildman–Crippen LogP) is 3.42. The molecule has 0 bridgehead atoms. The van der Waals surface area contributed by atoms with Gasteiger partial charge in [-0.1, -0.05) is 32.1 Å². The number of nitro groups is 1. The molecule has 0 atom stereocenters. The summed E-state index contributed by atoms with van der Waals surface area (Å²) in [4.78, 5) is 21.7. The van der Waals surface area contributed by atoms with Crippen molar-refractivity contribution >= 4 is 18.3 Å². The van der Waals surface area contributed by atoms with Crippen molar-refractivity contribution < 1.29 is 4.92 Å². The van der Waals surface area contributed by atoms with Gasteiger partial charge in [0.1, 0.15) is 0 Å². The first kappa shape index (κ1) is 16.8. The zero-order valence-corrected chi connectivity index (χ0v) is 12.6. The maximum Gasteiger partial charge on any atom is 0.285 e. The average Bonchev–Trinajstić information content (AvgIpc) is 2.43. The summed E-state index contributed by atoms with van der Waals surface area (Å²) in [5.41, 5.74) is -0.208. The highest BCUT2D eigenvalue weighted by molar-refractivity contribution is 7.80. The fraction of sp³-hybridized carbons (Fsp3) is 0.643. The van der Waals surface area contributed by atoms with Gasteiger partial charge >= 0.3 is 0 Å². The zero-order valence-electron chi connectivity index (χ0n) is 11.7. The highest BCUT2D eigenvalue weighted by Crippen LogP contribution is 2.10. The van der Waals surface area contributed by atoms with Crippen molar-refractivity contribution in [1.29, 1.82) is 0 Å². The van der Waals surface area contributed by atoms with E-state index in [-0.39, 0.29) is 11.2 Å². The van der Waals surface area contributed by atoms with Gasteiger partial charge in [0.05, 0.1) is 11.1 Å². The smallest absolute Gasteiger partial charge is 0.285 e. The minimum absolute atomic E-state index is 0.0312. The lowest BCUT2D eigenvalue weighted by atomic mass is 10.1. The molecule has 0 unspecified atom stereocenters. The Balaban J connectivity index is 2.26. The molecule has 1 aromatic heterocycles. The number of unbranched alkanes of at least 4 members (excludes halogenated alkanes) is 6. The molecule has 0 fully saturated rings. The summed E-state index contributed by atoms with van der Waals surface area (Å²) in [5.74, 6) is 0.954. The summed E-state index contributed by atoms with van der Waals surface area (Å²) in [7, 11) is 0. The minimum Gasteiger partial charge on any atom is -0.309 e. The Labute approximate surface area is 124 Å². The van der Waals surface area contributed by atoms with E-state index in [0.29, 0.717) is 6.54 Å². The van der Waals surface area contributed by atoms with Gasteiger partial charge in [-0.15, -0.1) is 0 Å². The summed E-state index contributed by atoms with van der Waals surface area (Å²) in [6.45, 7) is 0.553. The largest absolute Gasteiger partial charge is 0.309 e. The average molecular weight is 298 g/mol. The molecule has 0 amide bonds. The Kier molecular flexibility index (Phi) is 8.02. The van der Waals surface area contributed by atoms with Gasteiger partial charge in [-0.25, -0.2) is 0 Å². The molecule has 112 valence electrons. The van der Waals surface area contributed by atoms with Crippen molar-refractivity contribution in [2.45, 2.75) is 51.5 Å². The summed E-state index contributed by atoms with van der Waals surface area (Å²) >= 11 is 4.17. The van der Waals surface area contributed by atoms with E-state index in [2.05, 4.69) is 12.6 Å². The van der Waals surface area contributed by atoms with E-state index in [1.807, 2.05) is 0 Å². The molecule has 0 aromatic carbocycles. The van der Waals surface area contributed by atoms with Crippen molar-refractivity contribution in [3.05, 3.63) is 38.8 Å². The second-order valence-electron chi connectivity index (χ2n) is 4.87. The Morgan fingerprint density at radius 2 is 1.65 bits per heavy atom. The first-order chi connectivity index (χ1) is 9.65. The van der Waals surface area contributed by atoms with E-state index < -0.39 is 4.92 Å². The second kappa shape index (κ2) is 9.58. The molecule has 20 heavy (non-hydrogen) atoms. The van der Waals surface area contributed by atoms with Gasteiger partial charge in [0.25, 0.3) is 11.2 Å². The number of hydrogen-bond donors (Lipinski definition) is 1. The molecule has 1 aromatic rings. The van der Waals surface area contributed by atoms with Crippen LogP contribution in [-0.4, -0.2) is 15.2 Å². The molecule has 0 radical (unpaired) electrons. The maximum absolute atomic E-state index is 11.6. The molecule has 5 nitrogen and oxygen atoms in total. The highest BCUT2D eigenvalue weighted by Gasteiger charge is 2.07. The number of aryl methyl sites for hydroxylation is 1.